The van der Waals surface area contributed by atoms with E-state index in [2.05, 4.69) is 40.3 Å². The molecule has 3 aromatic rings. The van der Waals surface area contributed by atoms with Crippen LogP contribution in [-0.2, 0) is 0 Å². The third-order valence-corrected chi connectivity index (χ3v) is 5.18. The van der Waals surface area contributed by atoms with Crippen LogP contribution in [0.4, 0.5) is 14.7 Å². The molecule has 0 aromatic carbocycles. The number of anilines is 1. The Morgan fingerprint density at radius 1 is 1.31 bits per heavy atom. The molecule has 6 nitrogen and oxygen atoms in total. The first-order chi connectivity index (χ1) is 12.6. The molecule has 1 aliphatic rings. The molecule has 2 N–H and O–H groups in total. The Bertz CT molecular complexity index is 960. The average Bonchev–Trinajstić information content (AvgIpc) is 3.21. The molecule has 4 heterocycles. The molecule has 26 heavy (non-hydrogen) atoms. The number of hydrogen-bond donors (Lipinski definition) is 1. The predicted octanol–water partition coefficient (Wildman–Crippen LogP) is 3.19. The molecule has 1 aliphatic heterocycles. The molecule has 9 heteroatoms. The number of hydrogen-bond acceptors (Lipinski definition) is 5. The molecule has 4 rings (SSSR count). The van der Waals surface area contributed by atoms with Gasteiger partial charge >= 0.3 is 0 Å². The summed E-state index contributed by atoms with van der Waals surface area (Å²) in [6, 6.07) is 2.01. The Kier molecular flexibility index (Phi) is 4.58. The maximum Gasteiger partial charge on any atom is 0.220 e. The Labute approximate surface area is 157 Å². The van der Waals surface area contributed by atoms with Crippen LogP contribution >= 0.6 is 15.9 Å². The van der Waals surface area contributed by atoms with Gasteiger partial charge in [0.15, 0.2) is 5.82 Å². The van der Waals surface area contributed by atoms with E-state index < -0.39 is 5.82 Å². The molecule has 0 radical (unpaired) electrons. The van der Waals surface area contributed by atoms with Gasteiger partial charge in [-0.15, -0.1) is 0 Å². The number of alkyl halides is 1. The van der Waals surface area contributed by atoms with Gasteiger partial charge in [0.2, 0.25) is 5.95 Å². The van der Waals surface area contributed by atoms with Gasteiger partial charge < -0.3 is 10.3 Å². The van der Waals surface area contributed by atoms with Gasteiger partial charge in [-0.1, -0.05) is 0 Å². The number of rotatable bonds is 4. The minimum Gasteiger partial charge on any atom is -0.368 e. The van der Waals surface area contributed by atoms with Crippen LogP contribution in [-0.4, -0.2) is 50.7 Å². The Balaban J connectivity index is 1.84. The van der Waals surface area contributed by atoms with E-state index >= 15 is 0 Å². The van der Waals surface area contributed by atoms with Crippen molar-refractivity contribution in [3.8, 4) is 11.3 Å². The van der Waals surface area contributed by atoms with Crippen molar-refractivity contribution in [1.29, 1.82) is 0 Å². The maximum atomic E-state index is 14.4. The van der Waals surface area contributed by atoms with E-state index in [0.717, 1.165) is 36.6 Å². The molecule has 1 unspecified atom stereocenters. The van der Waals surface area contributed by atoms with Crippen molar-refractivity contribution in [2.45, 2.75) is 12.5 Å². The van der Waals surface area contributed by atoms with Crippen LogP contribution in [0.1, 0.15) is 12.5 Å². The molecule has 136 valence electrons. The van der Waals surface area contributed by atoms with E-state index in [1.807, 2.05) is 12.3 Å². The van der Waals surface area contributed by atoms with Crippen molar-refractivity contribution in [2.24, 2.45) is 0 Å². The summed E-state index contributed by atoms with van der Waals surface area (Å²) in [5.74, 6) is -0.512. The number of fused-ring (bicyclic) bond motifs is 1. The van der Waals surface area contributed by atoms with Gasteiger partial charge in [0, 0.05) is 42.8 Å². The second kappa shape index (κ2) is 6.88. The fraction of sp³-hybridized carbons (Fsp3) is 0.353. The summed E-state index contributed by atoms with van der Waals surface area (Å²) in [5.41, 5.74) is 7.34. The third kappa shape index (κ3) is 3.05. The Morgan fingerprint density at radius 3 is 2.96 bits per heavy atom. The minimum absolute atomic E-state index is 0.0189. The molecular weight excluding hydrogens is 406 g/mol. The fourth-order valence-corrected chi connectivity index (χ4v) is 3.88. The lowest BCUT2D eigenvalue weighted by Gasteiger charge is -2.16. The topological polar surface area (TPSA) is 72.9 Å². The van der Waals surface area contributed by atoms with Crippen molar-refractivity contribution in [2.75, 3.05) is 32.0 Å². The lowest BCUT2D eigenvalue weighted by atomic mass is 10.1. The normalized spacial score (nSPS) is 18.0. The number of halogens is 3. The zero-order valence-corrected chi connectivity index (χ0v) is 15.5. The number of pyridine rings is 1. The Hall–Kier alpha value is -2.13. The average molecular weight is 423 g/mol. The molecule has 1 atom stereocenters. The largest absolute Gasteiger partial charge is 0.368 e. The van der Waals surface area contributed by atoms with Crippen LogP contribution in [0.25, 0.3) is 22.2 Å². The first-order valence-corrected chi connectivity index (χ1v) is 9.09. The molecule has 0 bridgehead atoms. The molecule has 0 aliphatic carbocycles. The summed E-state index contributed by atoms with van der Waals surface area (Å²) in [6.07, 6.45) is 5.61. The van der Waals surface area contributed by atoms with E-state index in [9.17, 15) is 8.78 Å². The van der Waals surface area contributed by atoms with Crippen molar-refractivity contribution >= 4 is 32.8 Å². The molecule has 1 saturated heterocycles. The lowest BCUT2D eigenvalue weighted by molar-refractivity contribution is 0.288. The van der Waals surface area contributed by atoms with Crippen LogP contribution in [0.15, 0.2) is 29.3 Å². The molecule has 0 saturated carbocycles. The highest BCUT2D eigenvalue weighted by Crippen LogP contribution is 2.36. The van der Waals surface area contributed by atoms with Gasteiger partial charge in [0.1, 0.15) is 17.0 Å². The molecule has 0 amide bonds. The second-order valence-corrected chi connectivity index (χ2v) is 7.14. The standard InChI is InChI=1S/C17H17BrF2N6/c18-15-5-11-12(16-13(20)6-23-17(21)24-16)9-26(14(11)7-22-15)10-1-3-25(8-10)4-2-19/h5-7,9-10H,1-4,8H2,(H2,21,23,24). The van der Waals surface area contributed by atoms with Gasteiger partial charge in [-0.3, -0.25) is 4.90 Å². The summed E-state index contributed by atoms with van der Waals surface area (Å²) in [5, 5.41) is 0.827. The highest BCUT2D eigenvalue weighted by molar-refractivity contribution is 9.10. The second-order valence-electron chi connectivity index (χ2n) is 6.33. The summed E-state index contributed by atoms with van der Waals surface area (Å²) in [4.78, 5) is 14.2. The van der Waals surface area contributed by atoms with Crippen molar-refractivity contribution in [1.82, 2.24) is 24.4 Å². The van der Waals surface area contributed by atoms with E-state index in [4.69, 9.17) is 5.73 Å². The highest BCUT2D eigenvalue weighted by atomic mass is 79.9. The fourth-order valence-electron chi connectivity index (χ4n) is 3.54. The SMILES string of the molecule is Nc1ncc(F)c(-c2cn(C3CCN(CCF)C3)c3cnc(Br)cc23)n1. The summed E-state index contributed by atoms with van der Waals surface area (Å²) >= 11 is 3.37. The van der Waals surface area contributed by atoms with Crippen LogP contribution in [0.3, 0.4) is 0 Å². The van der Waals surface area contributed by atoms with E-state index in [1.165, 1.54) is 0 Å². The van der Waals surface area contributed by atoms with Crippen molar-refractivity contribution in [3.63, 3.8) is 0 Å². The Morgan fingerprint density at radius 2 is 2.15 bits per heavy atom. The summed E-state index contributed by atoms with van der Waals surface area (Å²) < 4.78 is 29.7. The number of likely N-dealkylation sites (tertiary alicyclic amines) is 1. The molecule has 0 spiro atoms. The van der Waals surface area contributed by atoms with Gasteiger partial charge in [-0.25, -0.2) is 23.7 Å². The molecular formula is C17H17BrF2N6. The van der Waals surface area contributed by atoms with Crippen LogP contribution in [0.2, 0.25) is 0 Å². The number of nitrogens with zero attached hydrogens (tertiary/aromatic N) is 5. The third-order valence-electron chi connectivity index (χ3n) is 4.75. The molecule has 3 aromatic heterocycles. The van der Waals surface area contributed by atoms with Crippen molar-refractivity contribution < 1.29 is 8.78 Å². The first kappa shape index (κ1) is 17.3. The van der Waals surface area contributed by atoms with E-state index in [0.29, 0.717) is 16.7 Å². The maximum absolute atomic E-state index is 14.4. The summed E-state index contributed by atoms with van der Waals surface area (Å²) in [6.45, 7) is 1.66. The first-order valence-electron chi connectivity index (χ1n) is 8.29. The zero-order valence-electron chi connectivity index (χ0n) is 13.9. The monoisotopic (exact) mass is 422 g/mol. The minimum atomic E-state index is -0.531. The zero-order chi connectivity index (χ0) is 18.3. The number of nitrogen functional groups attached to an aromatic ring is 1. The smallest absolute Gasteiger partial charge is 0.220 e. The summed E-state index contributed by atoms with van der Waals surface area (Å²) in [7, 11) is 0. The van der Waals surface area contributed by atoms with Gasteiger partial charge in [-0.05, 0) is 28.4 Å². The molecule has 1 fully saturated rings. The van der Waals surface area contributed by atoms with Crippen LogP contribution in [0, 0.1) is 5.82 Å². The lowest BCUT2D eigenvalue weighted by Crippen LogP contribution is -2.23. The van der Waals surface area contributed by atoms with Gasteiger partial charge in [-0.2, -0.15) is 0 Å². The van der Waals surface area contributed by atoms with Crippen molar-refractivity contribution in [3.05, 3.63) is 35.1 Å². The number of aromatic nitrogens is 4. The van der Waals surface area contributed by atoms with Gasteiger partial charge in [0.25, 0.3) is 0 Å². The van der Waals surface area contributed by atoms with Crippen LogP contribution < -0.4 is 5.73 Å². The quantitative estimate of drug-likeness (QED) is 0.653. The van der Waals surface area contributed by atoms with E-state index in [1.54, 1.807) is 6.20 Å². The van der Waals surface area contributed by atoms with Gasteiger partial charge in [0.05, 0.1) is 17.9 Å². The number of nitrogens with two attached hydrogens (primary N) is 1. The van der Waals surface area contributed by atoms with E-state index in [-0.39, 0.29) is 24.4 Å². The predicted molar refractivity (Wildman–Crippen MR) is 98.9 cm³/mol. The highest BCUT2D eigenvalue weighted by Gasteiger charge is 2.26. The van der Waals surface area contributed by atoms with Crippen LogP contribution in [0.5, 0.6) is 0 Å².